The van der Waals surface area contributed by atoms with Gasteiger partial charge in [0.15, 0.2) is 0 Å². The van der Waals surface area contributed by atoms with Gasteiger partial charge in [0.25, 0.3) is 0 Å². The van der Waals surface area contributed by atoms with Crippen molar-refractivity contribution >= 4 is 0 Å². The van der Waals surface area contributed by atoms with E-state index in [4.69, 9.17) is 5.73 Å². The Bertz CT molecular complexity index is 365. The van der Waals surface area contributed by atoms with E-state index >= 15 is 0 Å². The van der Waals surface area contributed by atoms with E-state index < -0.39 is 0 Å². The molecule has 0 fully saturated rings. The van der Waals surface area contributed by atoms with Crippen molar-refractivity contribution in [2.75, 3.05) is 0 Å². The molecule has 1 rings (SSSR count). The Morgan fingerprint density at radius 3 is 2.40 bits per heavy atom. The van der Waals surface area contributed by atoms with Crippen LogP contribution in [0.4, 0.5) is 0 Å². The molecule has 15 heavy (non-hydrogen) atoms. The lowest BCUT2D eigenvalue weighted by Crippen LogP contribution is -2.17. The average molecular weight is 199 g/mol. The van der Waals surface area contributed by atoms with E-state index in [9.17, 15) is 0 Å². The van der Waals surface area contributed by atoms with E-state index in [-0.39, 0.29) is 6.04 Å². The zero-order valence-corrected chi connectivity index (χ0v) is 9.06. The largest absolute Gasteiger partial charge is 0.321 e. The Hall–Kier alpha value is -1.60. The van der Waals surface area contributed by atoms with Gasteiger partial charge < -0.3 is 5.73 Å². The summed E-state index contributed by atoms with van der Waals surface area (Å²) < 4.78 is 0. The fourth-order valence-corrected chi connectivity index (χ4v) is 1.21. The molecule has 0 saturated carbocycles. The average Bonchev–Trinajstić information content (AvgIpc) is 2.19. The minimum Gasteiger partial charge on any atom is -0.321 e. The molecule has 0 heterocycles. The molecule has 0 saturated heterocycles. The first-order chi connectivity index (χ1) is 7.20. The molecule has 1 atom stereocenters. The Morgan fingerprint density at radius 1 is 1.07 bits per heavy atom. The Balaban J connectivity index is 2.94. The summed E-state index contributed by atoms with van der Waals surface area (Å²) in [7, 11) is 0. The first-order valence-corrected chi connectivity index (χ1v) is 5.01. The molecule has 0 amide bonds. The number of hydrogen-bond acceptors (Lipinski definition) is 1. The molecule has 2 N–H and O–H groups in total. The van der Waals surface area contributed by atoms with Crippen LogP contribution in [0, 0.1) is 0 Å². The third kappa shape index (κ3) is 4.43. The van der Waals surface area contributed by atoms with E-state index in [0.29, 0.717) is 0 Å². The highest BCUT2D eigenvalue weighted by Crippen LogP contribution is 2.07. The highest BCUT2D eigenvalue weighted by molar-refractivity contribution is 5.34. The molecule has 78 valence electrons. The maximum absolute atomic E-state index is 5.91. The van der Waals surface area contributed by atoms with Crippen LogP contribution in [0.3, 0.4) is 0 Å². The van der Waals surface area contributed by atoms with Gasteiger partial charge in [0, 0.05) is 6.04 Å². The van der Waals surface area contributed by atoms with Gasteiger partial charge in [-0.1, -0.05) is 66.8 Å². The number of hydrogen-bond donors (Lipinski definition) is 1. The second-order valence-corrected chi connectivity index (χ2v) is 3.50. The molecule has 0 bridgehead atoms. The first-order valence-electron chi connectivity index (χ1n) is 5.01. The van der Waals surface area contributed by atoms with Gasteiger partial charge in [-0.15, -0.1) is 0 Å². The van der Waals surface area contributed by atoms with Crippen LogP contribution < -0.4 is 5.73 Å². The van der Waals surface area contributed by atoms with Crippen molar-refractivity contribution in [2.45, 2.75) is 13.0 Å². The van der Waals surface area contributed by atoms with Crippen molar-refractivity contribution in [3.63, 3.8) is 0 Å². The number of rotatable bonds is 0. The van der Waals surface area contributed by atoms with Crippen LogP contribution in [0.15, 0.2) is 72.4 Å². The van der Waals surface area contributed by atoms with Crippen LogP contribution >= 0.6 is 0 Å². The quantitative estimate of drug-likeness (QED) is 0.637. The smallest absolute Gasteiger partial charge is 0.0478 e. The van der Waals surface area contributed by atoms with E-state index in [1.54, 1.807) is 0 Å². The van der Waals surface area contributed by atoms with Crippen molar-refractivity contribution in [2.24, 2.45) is 5.73 Å². The van der Waals surface area contributed by atoms with Gasteiger partial charge in [-0.3, -0.25) is 0 Å². The lowest BCUT2D eigenvalue weighted by molar-refractivity contribution is 0.982. The fourth-order valence-electron chi connectivity index (χ4n) is 1.21. The van der Waals surface area contributed by atoms with Crippen LogP contribution in [0.5, 0.6) is 0 Å². The highest BCUT2D eigenvalue weighted by atomic mass is 14.6. The maximum Gasteiger partial charge on any atom is 0.0478 e. The zero-order valence-electron chi connectivity index (χ0n) is 9.06. The second-order valence-electron chi connectivity index (χ2n) is 3.50. The maximum atomic E-state index is 5.91. The SMILES string of the molecule is C=C1\C=C(C)/C=C\C=C\C=C/C=C\C1N. The summed E-state index contributed by atoms with van der Waals surface area (Å²) in [6, 6.07) is -0.110. The van der Waals surface area contributed by atoms with Crippen LogP contribution in [0.2, 0.25) is 0 Å². The molecule has 0 aromatic heterocycles. The van der Waals surface area contributed by atoms with Crippen molar-refractivity contribution in [3.05, 3.63) is 72.4 Å². The zero-order chi connectivity index (χ0) is 11.1. The van der Waals surface area contributed by atoms with Crippen LogP contribution in [0.1, 0.15) is 6.92 Å². The van der Waals surface area contributed by atoms with Gasteiger partial charge in [-0.2, -0.15) is 0 Å². The van der Waals surface area contributed by atoms with Gasteiger partial charge in [-0.25, -0.2) is 0 Å². The number of nitrogens with two attached hydrogens (primary N) is 1. The summed E-state index contributed by atoms with van der Waals surface area (Å²) in [5.74, 6) is 0. The van der Waals surface area contributed by atoms with Crippen molar-refractivity contribution in [3.8, 4) is 0 Å². The molecule has 0 radical (unpaired) electrons. The van der Waals surface area contributed by atoms with Gasteiger partial charge in [0.2, 0.25) is 0 Å². The molecule has 0 spiro atoms. The van der Waals surface area contributed by atoms with Crippen LogP contribution in [-0.4, -0.2) is 6.04 Å². The summed E-state index contributed by atoms with van der Waals surface area (Å²) in [6.07, 6.45) is 17.8. The molecular formula is C14H17N. The van der Waals surface area contributed by atoms with Crippen molar-refractivity contribution in [1.29, 1.82) is 0 Å². The van der Waals surface area contributed by atoms with Crippen LogP contribution in [0.25, 0.3) is 0 Å². The normalized spacial score (nSPS) is 34.1. The molecule has 1 aliphatic carbocycles. The minimum atomic E-state index is -0.110. The summed E-state index contributed by atoms with van der Waals surface area (Å²) in [4.78, 5) is 0. The van der Waals surface area contributed by atoms with E-state index in [1.165, 1.54) is 0 Å². The molecule has 0 aromatic rings. The summed E-state index contributed by atoms with van der Waals surface area (Å²) in [5, 5.41) is 0. The van der Waals surface area contributed by atoms with E-state index in [0.717, 1.165) is 11.1 Å². The fraction of sp³-hybridized carbons (Fsp3) is 0.143. The van der Waals surface area contributed by atoms with Gasteiger partial charge in [0.1, 0.15) is 0 Å². The molecule has 1 nitrogen and oxygen atoms in total. The summed E-state index contributed by atoms with van der Waals surface area (Å²) in [5.41, 5.74) is 7.99. The summed E-state index contributed by atoms with van der Waals surface area (Å²) >= 11 is 0. The second kappa shape index (κ2) is 5.99. The van der Waals surface area contributed by atoms with Crippen molar-refractivity contribution in [1.82, 2.24) is 0 Å². The topological polar surface area (TPSA) is 26.0 Å². The van der Waals surface area contributed by atoms with Gasteiger partial charge in [0.05, 0.1) is 0 Å². The predicted octanol–water partition coefficient (Wildman–Crippen LogP) is 3.05. The Labute approximate surface area is 91.7 Å². The number of allylic oxidation sites excluding steroid dienone is 8. The summed E-state index contributed by atoms with van der Waals surface area (Å²) in [6.45, 7) is 5.98. The molecule has 1 aliphatic rings. The first kappa shape index (κ1) is 11.5. The van der Waals surface area contributed by atoms with Gasteiger partial charge >= 0.3 is 0 Å². The van der Waals surface area contributed by atoms with Crippen LogP contribution in [-0.2, 0) is 0 Å². The molecule has 1 unspecified atom stereocenters. The molecular weight excluding hydrogens is 182 g/mol. The highest BCUT2D eigenvalue weighted by Gasteiger charge is 1.99. The molecule has 0 aliphatic heterocycles. The minimum absolute atomic E-state index is 0.110. The van der Waals surface area contributed by atoms with E-state index in [1.807, 2.05) is 61.6 Å². The third-order valence-corrected chi connectivity index (χ3v) is 2.07. The van der Waals surface area contributed by atoms with Crippen molar-refractivity contribution < 1.29 is 0 Å². The Morgan fingerprint density at radius 2 is 1.67 bits per heavy atom. The third-order valence-electron chi connectivity index (χ3n) is 2.07. The molecule has 1 heteroatoms. The van der Waals surface area contributed by atoms with E-state index in [2.05, 4.69) is 6.58 Å². The monoisotopic (exact) mass is 199 g/mol. The predicted molar refractivity (Wildman–Crippen MR) is 67.4 cm³/mol. The lowest BCUT2D eigenvalue weighted by Gasteiger charge is -2.06. The molecule has 0 aromatic carbocycles. The standard InChI is InChI=1S/C14H17N/c1-12-9-7-5-3-4-6-8-10-14(15)13(2)11-12/h3-11,14H,2,15H2,1H3/b5-3+,6-4-,9-7-,10-8-,12-11-. The van der Waals surface area contributed by atoms with Gasteiger partial charge in [-0.05, 0) is 12.5 Å². The lowest BCUT2D eigenvalue weighted by atomic mass is 10.1. The Kier molecular flexibility index (Phi) is 4.58.